The number of aryl methyl sites for hydroxylation is 1. The number of H-pyrrole nitrogens is 1. The lowest BCUT2D eigenvalue weighted by atomic mass is 10.0. The van der Waals surface area contributed by atoms with Crippen molar-refractivity contribution in [3.8, 4) is 0 Å². The first-order valence-electron chi connectivity index (χ1n) is 11.5. The monoisotopic (exact) mass is 444 g/mol. The lowest BCUT2D eigenvalue weighted by molar-refractivity contribution is 0.153. The van der Waals surface area contributed by atoms with Gasteiger partial charge in [-0.1, -0.05) is 48.9 Å². The normalized spacial score (nSPS) is 13.0. The molecule has 33 heavy (non-hydrogen) atoms. The van der Waals surface area contributed by atoms with Crippen LogP contribution in [0.25, 0.3) is 10.9 Å². The van der Waals surface area contributed by atoms with Crippen molar-refractivity contribution in [2.45, 2.75) is 65.7 Å². The molecule has 0 saturated carbocycles. The molecule has 0 radical (unpaired) electrons. The van der Waals surface area contributed by atoms with Crippen molar-refractivity contribution in [1.82, 2.24) is 30.1 Å². The molecule has 0 saturated heterocycles. The molecule has 0 fully saturated rings. The number of nitrogens with zero attached hydrogens (tertiary/aromatic N) is 5. The van der Waals surface area contributed by atoms with Gasteiger partial charge in [-0.3, -0.25) is 9.69 Å². The summed E-state index contributed by atoms with van der Waals surface area (Å²) >= 11 is 0. The average Bonchev–Trinajstić information content (AvgIpc) is 3.26. The molecule has 4 rings (SSSR count). The number of nitrogens with one attached hydrogen (secondary N) is 1. The highest BCUT2D eigenvalue weighted by Crippen LogP contribution is 2.29. The van der Waals surface area contributed by atoms with E-state index in [4.69, 9.17) is 0 Å². The minimum atomic E-state index is -0.247. The largest absolute Gasteiger partial charge is 0.322 e. The molecule has 2 aromatic carbocycles. The van der Waals surface area contributed by atoms with E-state index in [1.807, 2.05) is 41.1 Å². The van der Waals surface area contributed by atoms with Crippen molar-refractivity contribution in [3.05, 3.63) is 87.5 Å². The summed E-state index contributed by atoms with van der Waals surface area (Å²) in [5.41, 5.74) is 3.62. The number of hydrogen-bond acceptors (Lipinski definition) is 5. The van der Waals surface area contributed by atoms with E-state index >= 15 is 0 Å². The number of aromatic nitrogens is 5. The van der Waals surface area contributed by atoms with Gasteiger partial charge < -0.3 is 4.98 Å². The molecule has 7 heteroatoms. The number of rotatable bonds is 7. The van der Waals surface area contributed by atoms with Gasteiger partial charge in [0.25, 0.3) is 5.56 Å². The summed E-state index contributed by atoms with van der Waals surface area (Å²) < 4.78 is 1.90. The van der Waals surface area contributed by atoms with E-state index in [9.17, 15) is 4.79 Å². The van der Waals surface area contributed by atoms with E-state index in [1.165, 1.54) is 5.56 Å². The minimum Gasteiger partial charge on any atom is -0.322 e. The standard InChI is InChI=1S/C26H32N6O/c1-6-23(24-28-29-30-32(24)26(3,4)5)31(16-19-10-8-7-9-11-19)17-21-15-20-14-18(2)12-13-22(20)27-25(21)33/h7-15,23H,6,16-17H2,1-5H3,(H,27,33)/t23-/m0/s1. The van der Waals surface area contributed by atoms with Crippen LogP contribution in [0.3, 0.4) is 0 Å². The zero-order valence-electron chi connectivity index (χ0n) is 20.0. The van der Waals surface area contributed by atoms with Gasteiger partial charge in [0.2, 0.25) is 0 Å². The van der Waals surface area contributed by atoms with Crippen LogP contribution < -0.4 is 5.56 Å². The van der Waals surface area contributed by atoms with Gasteiger partial charge in [-0.25, -0.2) is 4.68 Å². The van der Waals surface area contributed by atoms with Crippen LogP contribution in [0.15, 0.2) is 59.4 Å². The van der Waals surface area contributed by atoms with Gasteiger partial charge in [-0.05, 0) is 73.7 Å². The molecular formula is C26H32N6O. The zero-order chi connectivity index (χ0) is 23.6. The predicted octanol–water partition coefficient (Wildman–Crippen LogP) is 4.73. The molecular weight excluding hydrogens is 412 g/mol. The maximum atomic E-state index is 13.0. The topological polar surface area (TPSA) is 79.7 Å². The molecule has 0 aliphatic rings. The van der Waals surface area contributed by atoms with Crippen molar-refractivity contribution in [3.63, 3.8) is 0 Å². The third-order valence-corrected chi connectivity index (χ3v) is 5.93. The van der Waals surface area contributed by atoms with E-state index in [0.29, 0.717) is 13.1 Å². The Morgan fingerprint density at radius 1 is 1.06 bits per heavy atom. The number of tetrazole rings is 1. The fraction of sp³-hybridized carbons (Fsp3) is 0.385. The number of pyridine rings is 1. The Morgan fingerprint density at radius 2 is 1.82 bits per heavy atom. The highest BCUT2D eigenvalue weighted by Gasteiger charge is 2.29. The molecule has 0 unspecified atom stereocenters. The molecule has 0 bridgehead atoms. The molecule has 1 N–H and O–H groups in total. The molecule has 0 aliphatic carbocycles. The summed E-state index contributed by atoms with van der Waals surface area (Å²) in [6.07, 6.45) is 0.813. The predicted molar refractivity (Wildman–Crippen MR) is 131 cm³/mol. The zero-order valence-corrected chi connectivity index (χ0v) is 20.0. The van der Waals surface area contributed by atoms with E-state index in [2.05, 4.69) is 78.2 Å². The summed E-state index contributed by atoms with van der Waals surface area (Å²) in [4.78, 5) is 18.4. The third kappa shape index (κ3) is 5.03. The number of fused-ring (bicyclic) bond motifs is 1. The highest BCUT2D eigenvalue weighted by molar-refractivity contribution is 5.79. The minimum absolute atomic E-state index is 0.0490. The second-order valence-corrected chi connectivity index (χ2v) is 9.65. The number of hydrogen-bond donors (Lipinski definition) is 1. The second-order valence-electron chi connectivity index (χ2n) is 9.65. The van der Waals surface area contributed by atoms with Crippen molar-refractivity contribution in [2.75, 3.05) is 0 Å². The van der Waals surface area contributed by atoms with Crippen LogP contribution in [0, 0.1) is 6.92 Å². The van der Waals surface area contributed by atoms with Gasteiger partial charge in [0.05, 0.1) is 11.6 Å². The van der Waals surface area contributed by atoms with Crippen LogP contribution in [0.4, 0.5) is 0 Å². The van der Waals surface area contributed by atoms with Crippen LogP contribution in [-0.4, -0.2) is 30.1 Å². The summed E-state index contributed by atoms with van der Waals surface area (Å²) in [6, 6.07) is 18.4. The van der Waals surface area contributed by atoms with Crippen LogP contribution in [0.1, 0.15) is 62.7 Å². The van der Waals surface area contributed by atoms with Crippen molar-refractivity contribution in [2.24, 2.45) is 0 Å². The van der Waals surface area contributed by atoms with Crippen molar-refractivity contribution in [1.29, 1.82) is 0 Å². The first-order chi connectivity index (χ1) is 15.8. The van der Waals surface area contributed by atoms with Crippen molar-refractivity contribution < 1.29 is 0 Å². The Labute approximate surface area is 194 Å². The maximum absolute atomic E-state index is 13.0. The Hall–Kier alpha value is -3.32. The van der Waals surface area contributed by atoms with Gasteiger partial charge in [-0.2, -0.15) is 0 Å². The first-order valence-corrected chi connectivity index (χ1v) is 11.5. The number of benzene rings is 2. The van der Waals surface area contributed by atoms with E-state index in [-0.39, 0.29) is 17.1 Å². The summed E-state index contributed by atoms with van der Waals surface area (Å²) in [7, 11) is 0. The van der Waals surface area contributed by atoms with Crippen LogP contribution >= 0.6 is 0 Å². The van der Waals surface area contributed by atoms with E-state index < -0.39 is 0 Å². The molecule has 1 atom stereocenters. The van der Waals surface area contributed by atoms with Gasteiger partial charge in [0, 0.05) is 24.2 Å². The van der Waals surface area contributed by atoms with Gasteiger partial charge in [0.1, 0.15) is 0 Å². The lowest BCUT2D eigenvalue weighted by Gasteiger charge is -2.32. The molecule has 0 aliphatic heterocycles. The smallest absolute Gasteiger partial charge is 0.252 e. The third-order valence-electron chi connectivity index (χ3n) is 5.93. The maximum Gasteiger partial charge on any atom is 0.252 e. The number of aromatic amines is 1. The quantitative estimate of drug-likeness (QED) is 0.446. The van der Waals surface area contributed by atoms with E-state index in [0.717, 1.165) is 34.3 Å². The molecule has 7 nitrogen and oxygen atoms in total. The average molecular weight is 445 g/mol. The van der Waals surface area contributed by atoms with Gasteiger partial charge in [-0.15, -0.1) is 5.10 Å². The Morgan fingerprint density at radius 3 is 2.52 bits per heavy atom. The van der Waals surface area contributed by atoms with Crippen LogP contribution in [-0.2, 0) is 18.6 Å². The fourth-order valence-corrected chi connectivity index (χ4v) is 4.29. The SMILES string of the molecule is CC[C@@H](c1nnnn1C(C)(C)C)N(Cc1ccccc1)Cc1cc2cc(C)ccc2[nH]c1=O. The molecule has 0 amide bonds. The van der Waals surface area contributed by atoms with Gasteiger partial charge >= 0.3 is 0 Å². The second kappa shape index (κ2) is 9.27. The molecule has 2 aromatic heterocycles. The fourth-order valence-electron chi connectivity index (χ4n) is 4.29. The lowest BCUT2D eigenvalue weighted by Crippen LogP contribution is -2.35. The van der Waals surface area contributed by atoms with Crippen LogP contribution in [0.2, 0.25) is 0 Å². The van der Waals surface area contributed by atoms with Crippen molar-refractivity contribution >= 4 is 10.9 Å². The Kier molecular flexibility index (Phi) is 6.42. The molecule has 4 aromatic rings. The molecule has 172 valence electrons. The first kappa shape index (κ1) is 22.9. The summed E-state index contributed by atoms with van der Waals surface area (Å²) in [5, 5.41) is 13.7. The van der Waals surface area contributed by atoms with Crippen LogP contribution in [0.5, 0.6) is 0 Å². The molecule has 0 spiro atoms. The van der Waals surface area contributed by atoms with E-state index in [1.54, 1.807) is 0 Å². The summed E-state index contributed by atoms with van der Waals surface area (Å²) in [5.74, 6) is 0.814. The Balaban J connectivity index is 1.77. The van der Waals surface area contributed by atoms with Gasteiger partial charge in [0.15, 0.2) is 5.82 Å². The summed E-state index contributed by atoms with van der Waals surface area (Å²) in [6.45, 7) is 11.7. The Bertz CT molecular complexity index is 1290. The highest BCUT2D eigenvalue weighted by atomic mass is 16.1. The molecule has 2 heterocycles.